The SMILES string of the molecule is CCC(CC(=O)c1cc2nc(OC)c(OC)cc2s1)C(=O)O. The van der Waals surface area contributed by atoms with Crippen LogP contribution >= 0.6 is 11.3 Å². The van der Waals surface area contributed by atoms with E-state index in [0.29, 0.717) is 28.4 Å². The molecule has 0 saturated carbocycles. The van der Waals surface area contributed by atoms with Crippen LogP contribution in [0.4, 0.5) is 0 Å². The number of carbonyl (C=O) groups is 2. The number of aliphatic carboxylic acids is 1. The molecule has 0 bridgehead atoms. The largest absolute Gasteiger partial charge is 0.491 e. The van der Waals surface area contributed by atoms with Gasteiger partial charge in [-0.3, -0.25) is 9.59 Å². The molecule has 2 aromatic heterocycles. The lowest BCUT2D eigenvalue weighted by Crippen LogP contribution is -2.16. The van der Waals surface area contributed by atoms with Crippen molar-refractivity contribution in [3.8, 4) is 11.6 Å². The first-order chi connectivity index (χ1) is 10.5. The fourth-order valence-corrected chi connectivity index (χ4v) is 3.07. The predicted molar refractivity (Wildman–Crippen MR) is 83.1 cm³/mol. The van der Waals surface area contributed by atoms with E-state index >= 15 is 0 Å². The van der Waals surface area contributed by atoms with Crippen molar-refractivity contribution in [2.45, 2.75) is 19.8 Å². The zero-order valence-corrected chi connectivity index (χ0v) is 13.4. The number of nitrogens with zero attached hydrogens (tertiary/aromatic N) is 1. The Morgan fingerprint density at radius 3 is 2.59 bits per heavy atom. The lowest BCUT2D eigenvalue weighted by molar-refractivity contribution is -0.141. The maximum atomic E-state index is 12.3. The Kier molecular flexibility index (Phi) is 4.97. The van der Waals surface area contributed by atoms with E-state index in [1.54, 1.807) is 19.1 Å². The van der Waals surface area contributed by atoms with E-state index in [2.05, 4.69) is 4.98 Å². The Morgan fingerprint density at radius 1 is 1.32 bits per heavy atom. The molecule has 0 aliphatic carbocycles. The summed E-state index contributed by atoms with van der Waals surface area (Å²) in [5.41, 5.74) is 0.634. The monoisotopic (exact) mass is 323 g/mol. The molecule has 0 spiro atoms. The van der Waals surface area contributed by atoms with Crippen molar-refractivity contribution in [3.05, 3.63) is 17.0 Å². The Hall–Kier alpha value is -2.15. The summed E-state index contributed by atoms with van der Waals surface area (Å²) in [6.07, 6.45) is 0.415. The van der Waals surface area contributed by atoms with Gasteiger partial charge in [0.25, 0.3) is 5.88 Å². The maximum Gasteiger partial charge on any atom is 0.306 e. The van der Waals surface area contributed by atoms with E-state index in [1.165, 1.54) is 25.6 Å². The molecule has 22 heavy (non-hydrogen) atoms. The molecule has 1 N–H and O–H groups in total. The molecule has 0 aliphatic rings. The van der Waals surface area contributed by atoms with Crippen LogP contribution < -0.4 is 9.47 Å². The summed E-state index contributed by atoms with van der Waals surface area (Å²) in [4.78, 5) is 28.1. The number of hydrogen-bond donors (Lipinski definition) is 1. The summed E-state index contributed by atoms with van der Waals surface area (Å²) in [6.45, 7) is 1.76. The summed E-state index contributed by atoms with van der Waals surface area (Å²) in [6, 6.07) is 3.43. The van der Waals surface area contributed by atoms with Crippen LogP contribution in [-0.2, 0) is 4.79 Å². The second-order valence-electron chi connectivity index (χ2n) is 4.76. The first-order valence-electron chi connectivity index (χ1n) is 6.78. The van der Waals surface area contributed by atoms with Crippen LogP contribution in [0.2, 0.25) is 0 Å². The van der Waals surface area contributed by atoms with Crippen LogP contribution in [0, 0.1) is 5.92 Å². The number of hydrogen-bond acceptors (Lipinski definition) is 6. The van der Waals surface area contributed by atoms with Crippen molar-refractivity contribution >= 4 is 33.3 Å². The molecule has 7 heteroatoms. The molecule has 2 rings (SSSR count). The van der Waals surface area contributed by atoms with Gasteiger partial charge in [-0.2, -0.15) is 0 Å². The van der Waals surface area contributed by atoms with E-state index in [-0.39, 0.29) is 12.2 Å². The lowest BCUT2D eigenvalue weighted by Gasteiger charge is -2.06. The summed E-state index contributed by atoms with van der Waals surface area (Å²) in [5, 5.41) is 9.05. The van der Waals surface area contributed by atoms with Crippen LogP contribution in [0.1, 0.15) is 29.4 Å². The predicted octanol–water partition coefficient (Wildman–Crippen LogP) is 3.00. The quantitative estimate of drug-likeness (QED) is 0.788. The zero-order chi connectivity index (χ0) is 16.3. The van der Waals surface area contributed by atoms with Gasteiger partial charge in [-0.25, -0.2) is 4.98 Å². The fraction of sp³-hybridized carbons (Fsp3) is 0.400. The first kappa shape index (κ1) is 16.2. The highest BCUT2D eigenvalue weighted by molar-refractivity contribution is 7.20. The van der Waals surface area contributed by atoms with Gasteiger partial charge in [-0.15, -0.1) is 11.3 Å². The molecule has 0 saturated heterocycles. The van der Waals surface area contributed by atoms with E-state index in [0.717, 1.165) is 4.70 Å². The molecule has 2 heterocycles. The van der Waals surface area contributed by atoms with Crippen molar-refractivity contribution in [2.75, 3.05) is 14.2 Å². The van der Waals surface area contributed by atoms with E-state index in [1.807, 2.05) is 0 Å². The number of ether oxygens (including phenoxy) is 2. The minimum absolute atomic E-state index is 0.00702. The van der Waals surface area contributed by atoms with Crippen molar-refractivity contribution in [1.29, 1.82) is 0 Å². The molecular formula is C15H17NO5S. The highest BCUT2D eigenvalue weighted by Crippen LogP contribution is 2.34. The Labute approximate surface area is 131 Å². The lowest BCUT2D eigenvalue weighted by atomic mass is 9.99. The minimum Gasteiger partial charge on any atom is -0.491 e. The third kappa shape index (κ3) is 3.19. The number of thiophene rings is 1. The molecule has 0 aromatic carbocycles. The van der Waals surface area contributed by atoms with Crippen LogP contribution in [0.3, 0.4) is 0 Å². The number of pyridine rings is 1. The number of methoxy groups -OCH3 is 2. The van der Waals surface area contributed by atoms with Crippen molar-refractivity contribution in [2.24, 2.45) is 5.92 Å². The van der Waals surface area contributed by atoms with Crippen molar-refractivity contribution < 1.29 is 24.2 Å². The highest BCUT2D eigenvalue weighted by atomic mass is 32.1. The third-order valence-electron chi connectivity index (χ3n) is 3.40. The van der Waals surface area contributed by atoms with Crippen LogP contribution in [0.15, 0.2) is 12.1 Å². The standard InChI is InChI=1S/C15H17NO5S/c1-4-8(15(18)19)5-10(17)13-6-9-12(22-13)7-11(20-2)14(16-9)21-3/h6-8H,4-5H2,1-3H3,(H,18,19). The number of aromatic nitrogens is 1. The van der Waals surface area contributed by atoms with Crippen LogP contribution in [0.5, 0.6) is 11.6 Å². The number of carboxylic acid groups (broad SMARTS) is 1. The second-order valence-corrected chi connectivity index (χ2v) is 5.85. The van der Waals surface area contributed by atoms with Crippen molar-refractivity contribution in [1.82, 2.24) is 4.98 Å². The molecule has 6 nitrogen and oxygen atoms in total. The average Bonchev–Trinajstić information content (AvgIpc) is 2.93. The highest BCUT2D eigenvalue weighted by Gasteiger charge is 2.22. The Bertz CT molecular complexity index is 668. The fourth-order valence-electron chi connectivity index (χ4n) is 2.09. The average molecular weight is 323 g/mol. The van der Waals surface area contributed by atoms with Gasteiger partial charge in [0.15, 0.2) is 11.5 Å². The molecule has 0 aliphatic heterocycles. The molecule has 1 unspecified atom stereocenters. The normalized spacial score (nSPS) is 12.1. The summed E-state index contributed by atoms with van der Waals surface area (Å²) >= 11 is 1.28. The molecule has 118 valence electrons. The molecule has 1 atom stereocenters. The van der Waals surface area contributed by atoms with Gasteiger partial charge < -0.3 is 14.6 Å². The number of Topliss-reactive ketones (excluding diaryl/α,β-unsaturated/α-hetero) is 1. The van der Waals surface area contributed by atoms with Gasteiger partial charge in [0.2, 0.25) is 0 Å². The molecule has 2 aromatic rings. The first-order valence-corrected chi connectivity index (χ1v) is 7.60. The Morgan fingerprint density at radius 2 is 2.05 bits per heavy atom. The van der Waals surface area contributed by atoms with Gasteiger partial charge in [0.1, 0.15) is 0 Å². The molecule has 0 radical (unpaired) electrons. The zero-order valence-electron chi connectivity index (χ0n) is 12.6. The summed E-state index contributed by atoms with van der Waals surface area (Å²) in [5.74, 6) is -0.944. The molecule has 0 fully saturated rings. The van der Waals surface area contributed by atoms with Crippen LogP contribution in [-0.4, -0.2) is 36.1 Å². The van der Waals surface area contributed by atoms with Crippen molar-refractivity contribution in [3.63, 3.8) is 0 Å². The van der Waals surface area contributed by atoms with Gasteiger partial charge in [-0.1, -0.05) is 6.92 Å². The summed E-state index contributed by atoms with van der Waals surface area (Å²) in [7, 11) is 3.01. The van der Waals surface area contributed by atoms with Gasteiger partial charge in [0, 0.05) is 12.5 Å². The smallest absolute Gasteiger partial charge is 0.306 e. The Balaban J connectivity index is 2.32. The van der Waals surface area contributed by atoms with E-state index < -0.39 is 11.9 Å². The molecular weight excluding hydrogens is 306 g/mol. The number of carbonyl (C=O) groups excluding carboxylic acids is 1. The van der Waals surface area contributed by atoms with E-state index in [4.69, 9.17) is 14.6 Å². The van der Waals surface area contributed by atoms with Gasteiger partial charge in [0.05, 0.1) is 35.2 Å². The second kappa shape index (κ2) is 6.74. The topological polar surface area (TPSA) is 85.7 Å². The van der Waals surface area contributed by atoms with Gasteiger partial charge in [-0.05, 0) is 12.5 Å². The maximum absolute atomic E-state index is 12.3. The number of fused-ring (bicyclic) bond motifs is 1. The van der Waals surface area contributed by atoms with Crippen LogP contribution in [0.25, 0.3) is 10.2 Å². The number of ketones is 1. The number of carboxylic acids is 1. The molecule has 0 amide bonds. The third-order valence-corrected chi connectivity index (χ3v) is 4.51. The summed E-state index contributed by atoms with van der Waals surface area (Å²) < 4.78 is 11.1. The minimum atomic E-state index is -0.946. The van der Waals surface area contributed by atoms with Gasteiger partial charge >= 0.3 is 5.97 Å². The number of rotatable bonds is 7. The van der Waals surface area contributed by atoms with E-state index in [9.17, 15) is 9.59 Å².